The average Bonchev–Trinajstić information content (AvgIpc) is 2.78. The van der Waals surface area contributed by atoms with Crippen LogP contribution in [0.4, 0.5) is 0 Å². The molecule has 2 aromatic rings. The van der Waals surface area contributed by atoms with Gasteiger partial charge in [0.05, 0.1) is 16.4 Å². The van der Waals surface area contributed by atoms with E-state index in [1.54, 1.807) is 0 Å². The molecule has 1 fully saturated rings. The number of nitrogens with zero attached hydrogens (tertiary/aromatic N) is 3. The fraction of sp³-hybridized carbons (Fsp3) is 0.500. The number of benzene rings is 1. The second-order valence-corrected chi connectivity index (χ2v) is 6.14. The fourth-order valence-electron chi connectivity index (χ4n) is 2.69. The van der Waals surface area contributed by atoms with Crippen molar-refractivity contribution in [1.29, 1.82) is 0 Å². The van der Waals surface area contributed by atoms with E-state index in [1.165, 1.54) is 19.3 Å². The maximum absolute atomic E-state index is 6.30. The van der Waals surface area contributed by atoms with Gasteiger partial charge in [-0.15, -0.1) is 11.6 Å². The number of fused-ring (bicyclic) bond motifs is 1. The third-order valence-corrected chi connectivity index (χ3v) is 4.02. The lowest BCUT2D eigenvalue weighted by Crippen LogP contribution is -2.40. The molecule has 0 amide bonds. The van der Waals surface area contributed by atoms with E-state index >= 15 is 0 Å². The van der Waals surface area contributed by atoms with Gasteiger partial charge in [0.25, 0.3) is 0 Å². The lowest BCUT2D eigenvalue weighted by molar-refractivity contribution is 0.475. The molecule has 0 spiro atoms. The third kappa shape index (κ3) is 2.41. The normalized spacial score (nSPS) is 17.9. The molecule has 102 valence electrons. The summed E-state index contributed by atoms with van der Waals surface area (Å²) in [5.41, 5.74) is 2.01. The van der Waals surface area contributed by atoms with Gasteiger partial charge in [-0.25, -0.2) is 9.66 Å². The van der Waals surface area contributed by atoms with Crippen LogP contribution in [0.3, 0.4) is 0 Å². The Labute approximate surface area is 123 Å². The van der Waals surface area contributed by atoms with E-state index in [-0.39, 0.29) is 5.38 Å². The summed E-state index contributed by atoms with van der Waals surface area (Å²) in [4.78, 5) is 4.65. The highest BCUT2D eigenvalue weighted by molar-refractivity contribution is 6.31. The Kier molecular flexibility index (Phi) is 3.59. The maximum atomic E-state index is 6.30. The van der Waals surface area contributed by atoms with Gasteiger partial charge in [-0.2, -0.15) is 0 Å². The predicted octanol–water partition coefficient (Wildman–Crippen LogP) is 4.11. The molecule has 3 nitrogen and oxygen atoms in total. The topological polar surface area (TPSA) is 21.1 Å². The van der Waals surface area contributed by atoms with E-state index in [1.807, 2.05) is 25.1 Å². The highest BCUT2D eigenvalue weighted by Crippen LogP contribution is 2.27. The van der Waals surface area contributed by atoms with Crippen molar-refractivity contribution >= 4 is 34.2 Å². The largest absolute Gasteiger partial charge is 0.311 e. The SMILES string of the molecule is CC(Cl)c1nc2cc(Cl)ccc2n1N1CCCCC1. The summed E-state index contributed by atoms with van der Waals surface area (Å²) in [5, 5.41) is 2.94. The van der Waals surface area contributed by atoms with Crippen LogP contribution in [0.2, 0.25) is 5.02 Å². The minimum Gasteiger partial charge on any atom is -0.311 e. The van der Waals surface area contributed by atoms with Crippen molar-refractivity contribution in [2.24, 2.45) is 0 Å². The predicted molar refractivity (Wildman–Crippen MR) is 80.8 cm³/mol. The lowest BCUT2D eigenvalue weighted by atomic mass is 10.2. The molecule has 1 aromatic carbocycles. The van der Waals surface area contributed by atoms with Gasteiger partial charge in [0.15, 0.2) is 0 Å². The molecule has 1 atom stereocenters. The minimum absolute atomic E-state index is 0.117. The monoisotopic (exact) mass is 297 g/mol. The molecule has 1 saturated heterocycles. The Balaban J connectivity index is 2.15. The first-order valence-electron chi connectivity index (χ1n) is 6.74. The molecule has 1 aromatic heterocycles. The van der Waals surface area contributed by atoms with Crippen molar-refractivity contribution < 1.29 is 0 Å². The van der Waals surface area contributed by atoms with Crippen LogP contribution < -0.4 is 5.01 Å². The van der Waals surface area contributed by atoms with E-state index in [9.17, 15) is 0 Å². The van der Waals surface area contributed by atoms with Gasteiger partial charge in [0.2, 0.25) is 0 Å². The van der Waals surface area contributed by atoms with E-state index in [2.05, 4.69) is 14.7 Å². The molecule has 0 N–H and O–H groups in total. The van der Waals surface area contributed by atoms with Crippen molar-refractivity contribution in [2.75, 3.05) is 18.1 Å². The molecule has 1 aliphatic heterocycles. The molecular formula is C14H17Cl2N3. The Hall–Kier alpha value is -0.930. The van der Waals surface area contributed by atoms with Crippen molar-refractivity contribution in [2.45, 2.75) is 31.6 Å². The number of halogens is 2. The first-order chi connectivity index (χ1) is 9.16. The molecule has 0 aliphatic carbocycles. The van der Waals surface area contributed by atoms with E-state index in [0.717, 1.165) is 29.9 Å². The standard InChI is InChI=1S/C14H17Cl2N3/c1-10(15)14-17-12-9-11(16)5-6-13(12)19(14)18-7-3-2-4-8-18/h5-6,9-10H,2-4,7-8H2,1H3. The second-order valence-electron chi connectivity index (χ2n) is 5.05. The van der Waals surface area contributed by atoms with Crippen LogP contribution in [-0.4, -0.2) is 22.7 Å². The third-order valence-electron chi connectivity index (χ3n) is 3.59. The number of hydrogen-bond donors (Lipinski definition) is 0. The zero-order valence-electron chi connectivity index (χ0n) is 10.9. The summed E-state index contributed by atoms with van der Waals surface area (Å²) in [5.74, 6) is 0.904. The summed E-state index contributed by atoms with van der Waals surface area (Å²) in [6.45, 7) is 4.08. The number of hydrogen-bond acceptors (Lipinski definition) is 2. The van der Waals surface area contributed by atoms with Gasteiger partial charge in [0.1, 0.15) is 5.82 Å². The summed E-state index contributed by atoms with van der Waals surface area (Å²) >= 11 is 12.3. The van der Waals surface area contributed by atoms with Crippen LogP contribution in [0.5, 0.6) is 0 Å². The van der Waals surface area contributed by atoms with Gasteiger partial charge in [-0.1, -0.05) is 11.6 Å². The summed E-state index contributed by atoms with van der Waals surface area (Å²) in [7, 11) is 0. The van der Waals surface area contributed by atoms with Gasteiger partial charge in [0, 0.05) is 18.1 Å². The number of rotatable bonds is 2. The number of alkyl halides is 1. The van der Waals surface area contributed by atoms with Crippen LogP contribution in [-0.2, 0) is 0 Å². The zero-order valence-corrected chi connectivity index (χ0v) is 12.5. The lowest BCUT2D eigenvalue weighted by Gasteiger charge is -2.31. The average molecular weight is 298 g/mol. The minimum atomic E-state index is -0.117. The van der Waals surface area contributed by atoms with Gasteiger partial charge < -0.3 is 5.01 Å². The molecule has 2 heterocycles. The summed E-state index contributed by atoms with van der Waals surface area (Å²) in [6, 6.07) is 5.84. The number of piperidine rings is 1. The number of imidazole rings is 1. The Bertz CT molecular complexity index is 586. The van der Waals surface area contributed by atoms with Crippen molar-refractivity contribution in [1.82, 2.24) is 9.66 Å². The first kappa shape index (κ1) is 13.1. The summed E-state index contributed by atoms with van der Waals surface area (Å²) < 4.78 is 2.18. The van der Waals surface area contributed by atoms with Crippen molar-refractivity contribution in [3.8, 4) is 0 Å². The molecule has 0 bridgehead atoms. The molecule has 0 saturated carbocycles. The molecule has 0 radical (unpaired) electrons. The molecular weight excluding hydrogens is 281 g/mol. The fourth-order valence-corrected chi connectivity index (χ4v) is 3.00. The highest BCUT2D eigenvalue weighted by atomic mass is 35.5. The van der Waals surface area contributed by atoms with Crippen molar-refractivity contribution in [3.63, 3.8) is 0 Å². The van der Waals surface area contributed by atoms with Crippen LogP contribution in [0.1, 0.15) is 37.4 Å². The van der Waals surface area contributed by atoms with Gasteiger partial charge in [-0.3, -0.25) is 0 Å². The van der Waals surface area contributed by atoms with E-state index < -0.39 is 0 Å². The molecule has 3 rings (SSSR count). The van der Waals surface area contributed by atoms with Crippen LogP contribution >= 0.6 is 23.2 Å². The number of aromatic nitrogens is 2. The molecule has 1 unspecified atom stereocenters. The zero-order chi connectivity index (χ0) is 13.4. The van der Waals surface area contributed by atoms with Gasteiger partial charge in [-0.05, 0) is 44.4 Å². The second kappa shape index (κ2) is 5.22. The van der Waals surface area contributed by atoms with Crippen LogP contribution in [0, 0.1) is 0 Å². The smallest absolute Gasteiger partial charge is 0.146 e. The maximum Gasteiger partial charge on any atom is 0.146 e. The Morgan fingerprint density at radius 1 is 1.21 bits per heavy atom. The van der Waals surface area contributed by atoms with Gasteiger partial charge >= 0.3 is 0 Å². The van der Waals surface area contributed by atoms with E-state index in [0.29, 0.717) is 5.02 Å². The van der Waals surface area contributed by atoms with Crippen LogP contribution in [0.15, 0.2) is 18.2 Å². The van der Waals surface area contributed by atoms with Crippen LogP contribution in [0.25, 0.3) is 11.0 Å². The molecule has 1 aliphatic rings. The summed E-state index contributed by atoms with van der Waals surface area (Å²) in [6.07, 6.45) is 3.76. The quantitative estimate of drug-likeness (QED) is 0.778. The Morgan fingerprint density at radius 2 is 1.95 bits per heavy atom. The molecule has 19 heavy (non-hydrogen) atoms. The van der Waals surface area contributed by atoms with E-state index in [4.69, 9.17) is 23.2 Å². The van der Waals surface area contributed by atoms with Crippen molar-refractivity contribution in [3.05, 3.63) is 29.0 Å². The first-order valence-corrected chi connectivity index (χ1v) is 7.55. The Morgan fingerprint density at radius 3 is 2.63 bits per heavy atom. The highest BCUT2D eigenvalue weighted by Gasteiger charge is 2.21. The molecule has 5 heteroatoms.